The zero-order valence-corrected chi connectivity index (χ0v) is 23.3. The normalized spacial score (nSPS) is 12.7. The molecule has 35 heavy (non-hydrogen) atoms. The summed E-state index contributed by atoms with van der Waals surface area (Å²) in [6.45, 7) is 14.6. The molecule has 1 unspecified atom stereocenters. The summed E-state index contributed by atoms with van der Waals surface area (Å²) in [7, 11) is 0. The van der Waals surface area contributed by atoms with Crippen molar-refractivity contribution in [1.29, 1.82) is 0 Å². The molecule has 0 bridgehead atoms. The molecule has 4 nitrogen and oxygen atoms in total. The summed E-state index contributed by atoms with van der Waals surface area (Å²) in [6.07, 6.45) is 13.0. The van der Waals surface area contributed by atoms with Gasteiger partial charge in [-0.1, -0.05) is 64.6 Å². The van der Waals surface area contributed by atoms with Crippen LogP contribution in [-0.2, 0) is 0 Å². The Kier molecular flexibility index (Phi) is 12.0. The molecule has 0 aliphatic carbocycles. The Hall–Kier alpha value is -2.64. The number of hydrogen-bond donors (Lipinski definition) is 1. The zero-order chi connectivity index (χ0) is 25.8. The maximum Gasteiger partial charge on any atom is 0.149 e. The molecule has 1 atom stereocenters. The number of aromatic nitrogens is 3. The van der Waals surface area contributed by atoms with Crippen molar-refractivity contribution in [3.8, 4) is 5.69 Å². The van der Waals surface area contributed by atoms with Gasteiger partial charge in [0.05, 0.1) is 29.3 Å². The summed E-state index contributed by atoms with van der Waals surface area (Å²) in [4.78, 5) is 4.76. The van der Waals surface area contributed by atoms with Crippen molar-refractivity contribution in [2.75, 3.05) is 6.26 Å². The second-order valence-electron chi connectivity index (χ2n) is 7.82. The first-order chi connectivity index (χ1) is 17.0. The molecule has 3 rings (SSSR count). The predicted molar refractivity (Wildman–Crippen MR) is 152 cm³/mol. The lowest BCUT2D eigenvalue weighted by molar-refractivity contribution is 0.573. The van der Waals surface area contributed by atoms with Gasteiger partial charge in [-0.15, -0.1) is 11.3 Å². The van der Waals surface area contributed by atoms with E-state index in [9.17, 15) is 4.39 Å². The van der Waals surface area contributed by atoms with Gasteiger partial charge in [0, 0.05) is 22.2 Å². The third-order valence-corrected chi connectivity index (χ3v) is 7.00. The number of nitrogens with one attached hydrogen (secondary N) is 1. The molecular formula is C28H37FN4S2. The fraction of sp³-hybridized carbons (Fsp3) is 0.357. The standard InChI is InChI=1S/C25H29FN4S2.C3H8/c1-6-10-22(28-21(8-3)23-16-32-25(29-23)31-5)19(7-2)20-15-27-30(24(20)9-4)18-13-11-17(26)12-14-18;1-3-2/h7,9-16,21,28H,4,6,8H2,1-3,5H3;3H2,1-2H3/b19-7+,22-10+;. The van der Waals surface area contributed by atoms with Gasteiger partial charge in [0.1, 0.15) is 10.2 Å². The van der Waals surface area contributed by atoms with Crippen molar-refractivity contribution in [1.82, 2.24) is 20.1 Å². The van der Waals surface area contributed by atoms with Crippen molar-refractivity contribution in [2.24, 2.45) is 0 Å². The molecule has 0 saturated carbocycles. The Morgan fingerprint density at radius 3 is 2.43 bits per heavy atom. The highest BCUT2D eigenvalue weighted by Gasteiger charge is 2.20. The molecule has 2 aromatic heterocycles. The predicted octanol–water partition coefficient (Wildman–Crippen LogP) is 8.69. The van der Waals surface area contributed by atoms with E-state index in [2.05, 4.69) is 62.2 Å². The quantitative estimate of drug-likeness (QED) is 0.218. The molecule has 3 aromatic rings. The molecule has 0 spiro atoms. The number of thioether (sulfide) groups is 1. The Balaban J connectivity index is 0.00000137. The third kappa shape index (κ3) is 7.42. The molecule has 0 saturated heterocycles. The van der Waals surface area contributed by atoms with Crippen LogP contribution < -0.4 is 5.32 Å². The molecular weight excluding hydrogens is 475 g/mol. The highest BCUT2D eigenvalue weighted by atomic mass is 32.2. The third-order valence-electron chi connectivity index (χ3n) is 5.12. The number of benzene rings is 1. The Bertz CT molecular complexity index is 1130. The van der Waals surface area contributed by atoms with Crippen molar-refractivity contribution < 1.29 is 4.39 Å². The van der Waals surface area contributed by atoms with Crippen molar-refractivity contribution >= 4 is 34.7 Å². The number of hydrogen-bond acceptors (Lipinski definition) is 5. The molecule has 7 heteroatoms. The zero-order valence-electron chi connectivity index (χ0n) is 21.6. The largest absolute Gasteiger partial charge is 0.376 e. The van der Waals surface area contributed by atoms with Gasteiger partial charge >= 0.3 is 0 Å². The van der Waals surface area contributed by atoms with Gasteiger partial charge in [-0.25, -0.2) is 14.1 Å². The van der Waals surface area contributed by atoms with E-state index in [-0.39, 0.29) is 11.9 Å². The molecule has 0 aliphatic rings. The number of thiazole rings is 1. The van der Waals surface area contributed by atoms with Crippen LogP contribution in [0.15, 0.2) is 64.6 Å². The number of allylic oxidation sites excluding steroid dienone is 3. The van der Waals surface area contributed by atoms with Crippen LogP contribution >= 0.6 is 23.1 Å². The van der Waals surface area contributed by atoms with E-state index in [4.69, 9.17) is 4.98 Å². The van der Waals surface area contributed by atoms with E-state index in [1.165, 1.54) is 18.6 Å². The van der Waals surface area contributed by atoms with Crippen LogP contribution in [0.1, 0.15) is 76.9 Å². The van der Waals surface area contributed by atoms with E-state index in [1.807, 2.05) is 19.4 Å². The van der Waals surface area contributed by atoms with E-state index < -0.39 is 0 Å². The first kappa shape index (κ1) is 28.6. The smallest absolute Gasteiger partial charge is 0.149 e. The second kappa shape index (κ2) is 14.7. The average Bonchev–Trinajstić information content (AvgIpc) is 3.51. The first-order valence-corrected chi connectivity index (χ1v) is 14.2. The Labute approximate surface area is 218 Å². The maximum absolute atomic E-state index is 13.4. The van der Waals surface area contributed by atoms with Crippen molar-refractivity contribution in [2.45, 2.75) is 64.3 Å². The van der Waals surface area contributed by atoms with Gasteiger partial charge in [-0.05, 0) is 56.4 Å². The minimum absolute atomic E-state index is 0.110. The molecule has 0 aliphatic heterocycles. The van der Waals surface area contributed by atoms with Crippen molar-refractivity contribution in [3.05, 3.63) is 83.0 Å². The number of nitrogens with zero attached hydrogens (tertiary/aromatic N) is 3. The topological polar surface area (TPSA) is 42.7 Å². The Morgan fingerprint density at radius 2 is 1.91 bits per heavy atom. The van der Waals surface area contributed by atoms with Gasteiger partial charge in [0.2, 0.25) is 0 Å². The minimum atomic E-state index is -0.273. The van der Waals surface area contributed by atoms with E-state index in [0.717, 1.165) is 51.1 Å². The summed E-state index contributed by atoms with van der Waals surface area (Å²) in [5.74, 6) is -0.273. The van der Waals surface area contributed by atoms with E-state index in [0.29, 0.717) is 0 Å². The number of halogens is 1. The maximum atomic E-state index is 13.4. The SMILES string of the molecule is C=Cc1c(C(=C\C)/C(=C\CC)NC(CC)c2csc(SC)n2)cnn1-c1ccc(F)cc1.CCC. The summed E-state index contributed by atoms with van der Waals surface area (Å²) < 4.78 is 16.3. The summed E-state index contributed by atoms with van der Waals surface area (Å²) in [5.41, 5.74) is 5.77. The highest BCUT2D eigenvalue weighted by molar-refractivity contribution is 8.00. The highest BCUT2D eigenvalue weighted by Crippen LogP contribution is 2.31. The first-order valence-electron chi connectivity index (χ1n) is 12.1. The molecule has 2 heterocycles. The molecule has 0 fully saturated rings. The van der Waals surface area contributed by atoms with Crippen LogP contribution in [0.25, 0.3) is 17.3 Å². The van der Waals surface area contributed by atoms with Crippen LogP contribution in [0.5, 0.6) is 0 Å². The fourth-order valence-electron chi connectivity index (χ4n) is 3.55. The lowest BCUT2D eigenvalue weighted by Crippen LogP contribution is -2.21. The molecule has 1 N–H and O–H groups in total. The van der Waals surface area contributed by atoms with Gasteiger partial charge < -0.3 is 5.32 Å². The monoisotopic (exact) mass is 512 g/mol. The number of rotatable bonds is 10. The molecule has 0 radical (unpaired) electrons. The Morgan fingerprint density at radius 1 is 1.23 bits per heavy atom. The lowest BCUT2D eigenvalue weighted by atomic mass is 10.00. The van der Waals surface area contributed by atoms with Gasteiger partial charge in [-0.2, -0.15) is 5.10 Å². The van der Waals surface area contributed by atoms with Crippen LogP contribution in [0.2, 0.25) is 0 Å². The average molecular weight is 513 g/mol. The molecule has 188 valence electrons. The van der Waals surface area contributed by atoms with Crippen LogP contribution in [-0.4, -0.2) is 21.0 Å². The van der Waals surface area contributed by atoms with E-state index >= 15 is 0 Å². The molecule has 1 aromatic carbocycles. The lowest BCUT2D eigenvalue weighted by Gasteiger charge is -2.21. The second-order valence-corrected chi connectivity index (χ2v) is 9.73. The summed E-state index contributed by atoms with van der Waals surface area (Å²) >= 11 is 3.35. The van der Waals surface area contributed by atoms with Gasteiger partial charge in [0.25, 0.3) is 0 Å². The molecule has 0 amide bonds. The summed E-state index contributed by atoms with van der Waals surface area (Å²) in [5, 5.41) is 10.4. The summed E-state index contributed by atoms with van der Waals surface area (Å²) in [6, 6.07) is 6.42. The van der Waals surface area contributed by atoms with Crippen LogP contribution in [0, 0.1) is 5.82 Å². The van der Waals surface area contributed by atoms with Gasteiger partial charge in [-0.3, -0.25) is 0 Å². The van der Waals surface area contributed by atoms with Crippen LogP contribution in [0.4, 0.5) is 4.39 Å². The fourth-order valence-corrected chi connectivity index (χ4v) is 4.87. The van der Waals surface area contributed by atoms with Gasteiger partial charge in [0.15, 0.2) is 0 Å². The minimum Gasteiger partial charge on any atom is -0.376 e. The van der Waals surface area contributed by atoms with Crippen LogP contribution in [0.3, 0.4) is 0 Å². The van der Waals surface area contributed by atoms with E-state index in [1.54, 1.807) is 46.0 Å². The van der Waals surface area contributed by atoms with Crippen molar-refractivity contribution in [3.63, 3.8) is 0 Å².